The van der Waals surface area contributed by atoms with Crippen LogP contribution < -0.4 is 0 Å². The molecule has 7 heteroatoms. The third-order valence-corrected chi connectivity index (χ3v) is 4.58. The lowest BCUT2D eigenvalue weighted by molar-refractivity contribution is 0.767. The summed E-state index contributed by atoms with van der Waals surface area (Å²) in [5.74, 6) is 0.699. The molecule has 0 saturated heterocycles. The Balaban J connectivity index is 1.71. The van der Waals surface area contributed by atoms with Crippen molar-refractivity contribution >= 4 is 41.2 Å². The fourth-order valence-electron chi connectivity index (χ4n) is 1.87. The summed E-state index contributed by atoms with van der Waals surface area (Å²) in [7, 11) is 0. The van der Waals surface area contributed by atoms with Crippen molar-refractivity contribution in [3.63, 3.8) is 0 Å². The number of thioether (sulfide) groups is 1. The maximum Gasteiger partial charge on any atom is 0.212 e. The molecule has 1 heterocycles. The van der Waals surface area contributed by atoms with Crippen LogP contribution in [-0.4, -0.2) is 21.1 Å². The Hall–Kier alpha value is -1.82. The summed E-state index contributed by atoms with van der Waals surface area (Å²) in [6.45, 7) is 0. The number of hydrogen-bond acceptors (Lipinski definition) is 4. The molecule has 2 aromatic carbocycles. The third kappa shape index (κ3) is 4.34. The van der Waals surface area contributed by atoms with Crippen LogP contribution >= 0.6 is 35.0 Å². The van der Waals surface area contributed by atoms with Crippen LogP contribution in [0.1, 0.15) is 11.1 Å². The first-order valence-corrected chi connectivity index (χ1v) is 8.53. The molecule has 0 spiro atoms. The molecule has 0 radical (unpaired) electrons. The predicted molar refractivity (Wildman–Crippen MR) is 95.5 cm³/mol. The standard InChI is InChI=1S/C16H12Cl2N4S/c17-14-6-3-4-12(8-14)9-20-22-11-19-21-16(22)23-10-13-5-1-2-7-15(13)18/h1-9,11H,10H2/b20-9+. The molecule has 23 heavy (non-hydrogen) atoms. The minimum absolute atomic E-state index is 0.672. The van der Waals surface area contributed by atoms with Gasteiger partial charge in [0.1, 0.15) is 6.33 Å². The maximum absolute atomic E-state index is 6.16. The van der Waals surface area contributed by atoms with Gasteiger partial charge >= 0.3 is 0 Å². The number of rotatable bonds is 5. The van der Waals surface area contributed by atoms with Gasteiger partial charge < -0.3 is 0 Å². The van der Waals surface area contributed by atoms with E-state index in [4.69, 9.17) is 23.2 Å². The van der Waals surface area contributed by atoms with Crippen molar-refractivity contribution in [2.45, 2.75) is 10.9 Å². The fraction of sp³-hybridized carbons (Fsp3) is 0.0625. The SMILES string of the molecule is Clc1cccc(/C=N/n2cnnc2SCc2ccccc2Cl)c1. The molecule has 3 aromatic rings. The van der Waals surface area contributed by atoms with Gasteiger partial charge in [-0.3, -0.25) is 0 Å². The van der Waals surface area contributed by atoms with Crippen molar-refractivity contribution in [2.24, 2.45) is 5.10 Å². The Kier molecular flexibility index (Phi) is 5.33. The van der Waals surface area contributed by atoms with Gasteiger partial charge in [-0.1, -0.05) is 65.3 Å². The van der Waals surface area contributed by atoms with Gasteiger partial charge in [-0.25, -0.2) is 0 Å². The molecular formula is C16H12Cl2N4S. The maximum atomic E-state index is 6.16. The minimum atomic E-state index is 0.672. The largest absolute Gasteiger partial charge is 0.212 e. The van der Waals surface area contributed by atoms with Gasteiger partial charge in [0.25, 0.3) is 0 Å². The first-order chi connectivity index (χ1) is 11.2. The molecule has 0 aliphatic rings. The van der Waals surface area contributed by atoms with Crippen molar-refractivity contribution in [1.82, 2.24) is 14.9 Å². The van der Waals surface area contributed by atoms with Crippen molar-refractivity contribution in [3.05, 3.63) is 76.0 Å². The highest BCUT2D eigenvalue weighted by Gasteiger charge is 2.06. The minimum Gasteiger partial charge on any atom is -0.195 e. The quantitative estimate of drug-likeness (QED) is 0.485. The van der Waals surface area contributed by atoms with Crippen LogP contribution in [0, 0.1) is 0 Å². The number of hydrogen-bond donors (Lipinski definition) is 0. The van der Waals surface area contributed by atoms with Crippen molar-refractivity contribution in [1.29, 1.82) is 0 Å². The number of aromatic nitrogens is 3. The van der Waals surface area contributed by atoms with Gasteiger partial charge in [0, 0.05) is 15.8 Å². The molecule has 0 aliphatic heterocycles. The molecule has 0 saturated carbocycles. The molecule has 0 aliphatic carbocycles. The lowest BCUT2D eigenvalue weighted by atomic mass is 10.2. The van der Waals surface area contributed by atoms with Gasteiger partial charge in [0.05, 0.1) is 6.21 Å². The van der Waals surface area contributed by atoms with E-state index in [2.05, 4.69) is 15.3 Å². The van der Waals surface area contributed by atoms with Gasteiger partial charge in [-0.05, 0) is 29.3 Å². The third-order valence-electron chi connectivity index (χ3n) is 2.99. The van der Waals surface area contributed by atoms with Gasteiger partial charge in [-0.15, -0.1) is 10.2 Å². The van der Waals surface area contributed by atoms with Crippen molar-refractivity contribution < 1.29 is 0 Å². The zero-order valence-electron chi connectivity index (χ0n) is 11.9. The van der Waals surface area contributed by atoms with Crippen LogP contribution in [0.5, 0.6) is 0 Å². The Bertz CT molecular complexity index is 832. The van der Waals surface area contributed by atoms with E-state index < -0.39 is 0 Å². The Morgan fingerprint density at radius 2 is 2.00 bits per heavy atom. The normalized spacial score (nSPS) is 11.2. The van der Waals surface area contributed by atoms with Crippen molar-refractivity contribution in [2.75, 3.05) is 0 Å². The van der Waals surface area contributed by atoms with E-state index in [-0.39, 0.29) is 0 Å². The summed E-state index contributed by atoms with van der Waals surface area (Å²) >= 11 is 13.6. The van der Waals surface area contributed by atoms with Gasteiger partial charge in [-0.2, -0.15) is 9.78 Å². The molecule has 116 valence electrons. The first kappa shape index (κ1) is 16.1. The molecule has 0 unspecified atom stereocenters. The van der Waals surface area contributed by atoms with Crippen LogP contribution in [0.15, 0.2) is 65.1 Å². The average molecular weight is 363 g/mol. The Morgan fingerprint density at radius 1 is 1.13 bits per heavy atom. The predicted octanol–water partition coefficient (Wildman–Crippen LogP) is 4.76. The van der Waals surface area contributed by atoms with Crippen LogP contribution in [0.4, 0.5) is 0 Å². The van der Waals surface area contributed by atoms with E-state index in [1.807, 2.05) is 48.5 Å². The summed E-state index contributed by atoms with van der Waals surface area (Å²) in [5, 5.41) is 14.5. The average Bonchev–Trinajstić information content (AvgIpc) is 3.00. The molecule has 0 atom stereocenters. The van der Waals surface area contributed by atoms with Crippen LogP contribution in [-0.2, 0) is 5.75 Å². The Labute approximate surface area is 148 Å². The molecule has 3 rings (SSSR count). The van der Waals surface area contributed by atoms with Gasteiger partial charge in [0.2, 0.25) is 5.16 Å². The number of halogens is 2. The van der Waals surface area contributed by atoms with Crippen LogP contribution in [0.2, 0.25) is 10.0 Å². The highest BCUT2D eigenvalue weighted by Crippen LogP contribution is 2.25. The lowest BCUT2D eigenvalue weighted by Crippen LogP contribution is -1.93. The molecule has 4 nitrogen and oxygen atoms in total. The van der Waals surface area contributed by atoms with E-state index in [1.54, 1.807) is 17.2 Å². The summed E-state index contributed by atoms with van der Waals surface area (Å²) in [4.78, 5) is 0. The van der Waals surface area contributed by atoms with E-state index >= 15 is 0 Å². The van der Waals surface area contributed by atoms with Crippen molar-refractivity contribution in [3.8, 4) is 0 Å². The number of benzene rings is 2. The second-order valence-corrected chi connectivity index (χ2v) is 6.42. The summed E-state index contributed by atoms with van der Waals surface area (Å²) in [5.41, 5.74) is 1.96. The second-order valence-electron chi connectivity index (χ2n) is 4.64. The zero-order valence-corrected chi connectivity index (χ0v) is 14.3. The Morgan fingerprint density at radius 3 is 2.83 bits per heavy atom. The first-order valence-electron chi connectivity index (χ1n) is 6.78. The molecule has 1 aromatic heterocycles. The second kappa shape index (κ2) is 7.64. The molecule has 0 bridgehead atoms. The molecule has 0 N–H and O–H groups in total. The highest BCUT2D eigenvalue weighted by molar-refractivity contribution is 7.98. The highest BCUT2D eigenvalue weighted by atomic mass is 35.5. The zero-order chi connectivity index (χ0) is 16.1. The van der Waals surface area contributed by atoms with E-state index in [0.717, 1.165) is 16.1 Å². The van der Waals surface area contributed by atoms with E-state index in [1.165, 1.54) is 11.8 Å². The lowest BCUT2D eigenvalue weighted by Gasteiger charge is -2.03. The molecule has 0 fully saturated rings. The smallest absolute Gasteiger partial charge is 0.195 e. The molecule has 0 amide bonds. The van der Waals surface area contributed by atoms with E-state index in [9.17, 15) is 0 Å². The topological polar surface area (TPSA) is 43.1 Å². The number of nitrogens with zero attached hydrogens (tertiary/aromatic N) is 4. The summed E-state index contributed by atoms with van der Waals surface area (Å²) in [6.07, 6.45) is 3.28. The van der Waals surface area contributed by atoms with Crippen LogP contribution in [0.25, 0.3) is 0 Å². The van der Waals surface area contributed by atoms with Gasteiger partial charge in [0.15, 0.2) is 0 Å². The van der Waals surface area contributed by atoms with E-state index in [0.29, 0.717) is 15.9 Å². The molecular weight excluding hydrogens is 351 g/mol. The summed E-state index contributed by atoms with van der Waals surface area (Å²) in [6, 6.07) is 15.2. The van der Waals surface area contributed by atoms with Crippen LogP contribution in [0.3, 0.4) is 0 Å². The monoisotopic (exact) mass is 362 g/mol. The fourth-order valence-corrected chi connectivity index (χ4v) is 3.22. The summed E-state index contributed by atoms with van der Waals surface area (Å²) < 4.78 is 1.63.